The first kappa shape index (κ1) is 19.2. The fraction of sp³-hybridized carbons (Fsp3) is 0.389. The molecule has 0 unspecified atom stereocenters. The zero-order chi connectivity index (χ0) is 18.4. The highest BCUT2D eigenvalue weighted by Crippen LogP contribution is 2.22. The first-order valence-electron chi connectivity index (χ1n) is 8.18. The summed E-state index contributed by atoms with van der Waals surface area (Å²) in [6.45, 7) is 5.64. The molecule has 0 fully saturated rings. The number of aryl methyl sites for hydroxylation is 3. The molecular formula is C18H23N3O3S. The van der Waals surface area contributed by atoms with E-state index in [0.717, 1.165) is 23.2 Å². The molecule has 2 rings (SSSR count). The lowest BCUT2D eigenvalue weighted by Crippen LogP contribution is -2.20. The van der Waals surface area contributed by atoms with Gasteiger partial charge in [0.2, 0.25) is 5.91 Å². The first-order valence-corrected chi connectivity index (χ1v) is 9.16. The summed E-state index contributed by atoms with van der Waals surface area (Å²) in [4.78, 5) is 31.2. The molecule has 3 N–H and O–H groups in total. The van der Waals surface area contributed by atoms with E-state index in [1.165, 1.54) is 11.8 Å². The minimum absolute atomic E-state index is 0.101. The van der Waals surface area contributed by atoms with Gasteiger partial charge < -0.3 is 15.4 Å². The van der Waals surface area contributed by atoms with Crippen molar-refractivity contribution in [2.45, 2.75) is 38.8 Å². The molecule has 1 heterocycles. The predicted molar refractivity (Wildman–Crippen MR) is 100 cm³/mol. The van der Waals surface area contributed by atoms with Crippen LogP contribution in [0.5, 0.6) is 0 Å². The van der Waals surface area contributed by atoms with Gasteiger partial charge in [0.15, 0.2) is 5.16 Å². The van der Waals surface area contributed by atoms with Crippen molar-refractivity contribution in [3.05, 3.63) is 50.9 Å². The van der Waals surface area contributed by atoms with Crippen LogP contribution in [0.2, 0.25) is 0 Å². The van der Waals surface area contributed by atoms with Crippen LogP contribution in [0.3, 0.4) is 0 Å². The normalized spacial score (nSPS) is 10.7. The third kappa shape index (κ3) is 4.93. The average Bonchev–Trinajstić information content (AvgIpc) is 2.58. The predicted octanol–water partition coefficient (Wildman–Crippen LogP) is 2.21. The van der Waals surface area contributed by atoms with Gasteiger partial charge in [0.05, 0.1) is 5.75 Å². The number of amides is 1. The number of hydrogen-bond acceptors (Lipinski definition) is 5. The van der Waals surface area contributed by atoms with Crippen LogP contribution in [0.15, 0.2) is 28.2 Å². The molecule has 7 heteroatoms. The SMILES string of the molecule is CCc1cccc(C)c1NC(=O)CSc1nc(C)c(CCO)c(=O)[nH]1. The van der Waals surface area contributed by atoms with Crippen LogP contribution >= 0.6 is 11.8 Å². The van der Waals surface area contributed by atoms with Crippen molar-refractivity contribution in [3.63, 3.8) is 0 Å². The summed E-state index contributed by atoms with van der Waals surface area (Å²) in [6, 6.07) is 5.94. The molecule has 0 aliphatic heterocycles. The maximum Gasteiger partial charge on any atom is 0.255 e. The van der Waals surface area contributed by atoms with E-state index < -0.39 is 0 Å². The minimum Gasteiger partial charge on any atom is -0.396 e. The van der Waals surface area contributed by atoms with Crippen molar-refractivity contribution in [1.82, 2.24) is 9.97 Å². The number of hydrogen-bond donors (Lipinski definition) is 3. The Labute approximate surface area is 151 Å². The Balaban J connectivity index is 2.05. The van der Waals surface area contributed by atoms with E-state index >= 15 is 0 Å². The molecule has 0 bridgehead atoms. The van der Waals surface area contributed by atoms with Gasteiger partial charge >= 0.3 is 0 Å². The standard InChI is InChI=1S/C18H23N3O3S/c1-4-13-7-5-6-11(2)16(13)20-15(23)10-25-18-19-12(3)14(8-9-22)17(24)21-18/h5-7,22H,4,8-10H2,1-3H3,(H,20,23)(H,19,21,24). The lowest BCUT2D eigenvalue weighted by molar-refractivity contribution is -0.113. The fourth-order valence-corrected chi connectivity index (χ4v) is 3.28. The van der Waals surface area contributed by atoms with E-state index in [-0.39, 0.29) is 30.2 Å². The lowest BCUT2D eigenvalue weighted by Gasteiger charge is -2.12. The van der Waals surface area contributed by atoms with E-state index in [9.17, 15) is 9.59 Å². The van der Waals surface area contributed by atoms with Crippen molar-refractivity contribution in [3.8, 4) is 0 Å². The van der Waals surface area contributed by atoms with E-state index in [4.69, 9.17) is 5.11 Å². The van der Waals surface area contributed by atoms with Crippen molar-refractivity contribution in [2.24, 2.45) is 0 Å². The number of thioether (sulfide) groups is 1. The second-order valence-electron chi connectivity index (χ2n) is 5.71. The quantitative estimate of drug-likeness (QED) is 0.519. The van der Waals surface area contributed by atoms with Crippen LogP contribution in [0.25, 0.3) is 0 Å². The second kappa shape index (κ2) is 8.82. The van der Waals surface area contributed by atoms with Gasteiger partial charge in [-0.2, -0.15) is 0 Å². The van der Waals surface area contributed by atoms with Gasteiger partial charge in [0.1, 0.15) is 0 Å². The number of anilines is 1. The fourth-order valence-electron chi connectivity index (χ4n) is 2.57. The Kier molecular flexibility index (Phi) is 6.78. The number of rotatable bonds is 7. The van der Waals surface area contributed by atoms with Crippen molar-refractivity contribution >= 4 is 23.4 Å². The summed E-state index contributed by atoms with van der Waals surface area (Å²) in [5, 5.41) is 12.3. The second-order valence-corrected chi connectivity index (χ2v) is 6.67. The zero-order valence-electron chi connectivity index (χ0n) is 14.7. The van der Waals surface area contributed by atoms with Crippen LogP contribution < -0.4 is 10.9 Å². The molecule has 0 spiro atoms. The molecule has 1 aromatic carbocycles. The first-order chi connectivity index (χ1) is 12.0. The average molecular weight is 361 g/mol. The number of H-pyrrole nitrogens is 1. The Bertz CT molecular complexity index is 818. The Morgan fingerprint density at radius 1 is 1.36 bits per heavy atom. The third-order valence-electron chi connectivity index (χ3n) is 3.91. The number of carbonyl (C=O) groups excluding carboxylic acids is 1. The molecular weight excluding hydrogens is 338 g/mol. The topological polar surface area (TPSA) is 95.1 Å². The van der Waals surface area contributed by atoms with Gasteiger partial charge in [-0.15, -0.1) is 0 Å². The monoisotopic (exact) mass is 361 g/mol. The number of para-hydroxylation sites is 1. The molecule has 134 valence electrons. The molecule has 0 atom stereocenters. The highest BCUT2D eigenvalue weighted by molar-refractivity contribution is 7.99. The van der Waals surface area contributed by atoms with E-state index in [2.05, 4.69) is 15.3 Å². The molecule has 0 radical (unpaired) electrons. The van der Waals surface area contributed by atoms with Gasteiger partial charge in [-0.1, -0.05) is 36.9 Å². The van der Waals surface area contributed by atoms with E-state index in [1.54, 1.807) is 6.92 Å². The number of carbonyl (C=O) groups is 1. The number of aromatic amines is 1. The molecule has 0 saturated heterocycles. The van der Waals surface area contributed by atoms with Crippen LogP contribution in [-0.4, -0.2) is 33.3 Å². The van der Waals surface area contributed by atoms with Gasteiger partial charge in [0.25, 0.3) is 5.56 Å². The summed E-state index contributed by atoms with van der Waals surface area (Å²) in [6.07, 6.45) is 1.11. The van der Waals surface area contributed by atoms with Crippen molar-refractivity contribution < 1.29 is 9.90 Å². The van der Waals surface area contributed by atoms with E-state index in [0.29, 0.717) is 16.4 Å². The summed E-state index contributed by atoms with van der Waals surface area (Å²) in [7, 11) is 0. The molecule has 25 heavy (non-hydrogen) atoms. The van der Waals surface area contributed by atoms with Crippen LogP contribution in [0.1, 0.15) is 29.3 Å². The maximum absolute atomic E-state index is 12.3. The Morgan fingerprint density at radius 3 is 2.76 bits per heavy atom. The highest BCUT2D eigenvalue weighted by atomic mass is 32.2. The molecule has 0 aliphatic rings. The van der Waals surface area contributed by atoms with Gasteiger partial charge in [0, 0.05) is 30.0 Å². The van der Waals surface area contributed by atoms with Crippen LogP contribution in [0.4, 0.5) is 5.69 Å². The molecule has 0 aliphatic carbocycles. The lowest BCUT2D eigenvalue weighted by atomic mass is 10.1. The number of nitrogens with one attached hydrogen (secondary N) is 2. The van der Waals surface area contributed by atoms with Gasteiger partial charge in [-0.3, -0.25) is 9.59 Å². The molecule has 2 aromatic rings. The summed E-state index contributed by atoms with van der Waals surface area (Å²) in [5.41, 5.74) is 3.75. The van der Waals surface area contributed by atoms with Gasteiger partial charge in [-0.25, -0.2) is 4.98 Å². The number of aliphatic hydroxyl groups is 1. The van der Waals surface area contributed by atoms with Gasteiger partial charge in [-0.05, 0) is 31.4 Å². The number of aromatic nitrogens is 2. The maximum atomic E-state index is 12.3. The van der Waals surface area contributed by atoms with Crippen LogP contribution in [-0.2, 0) is 17.6 Å². The Morgan fingerprint density at radius 2 is 2.12 bits per heavy atom. The molecule has 1 aromatic heterocycles. The molecule has 0 saturated carbocycles. The van der Waals surface area contributed by atoms with Crippen molar-refractivity contribution in [1.29, 1.82) is 0 Å². The van der Waals surface area contributed by atoms with Crippen molar-refractivity contribution in [2.75, 3.05) is 17.7 Å². The number of aliphatic hydroxyl groups excluding tert-OH is 1. The summed E-state index contributed by atoms with van der Waals surface area (Å²) >= 11 is 1.18. The summed E-state index contributed by atoms with van der Waals surface area (Å²) in [5.74, 6) is 0.00731. The minimum atomic E-state index is -0.267. The largest absolute Gasteiger partial charge is 0.396 e. The highest BCUT2D eigenvalue weighted by Gasteiger charge is 2.12. The molecule has 6 nitrogen and oxygen atoms in total. The zero-order valence-corrected chi connectivity index (χ0v) is 15.5. The Hall–Kier alpha value is -2.12. The number of nitrogens with zero attached hydrogens (tertiary/aromatic N) is 1. The molecule has 1 amide bonds. The summed E-state index contributed by atoms with van der Waals surface area (Å²) < 4.78 is 0. The number of benzene rings is 1. The van der Waals surface area contributed by atoms with Crippen LogP contribution in [0, 0.1) is 13.8 Å². The third-order valence-corrected chi connectivity index (χ3v) is 4.78. The van der Waals surface area contributed by atoms with E-state index in [1.807, 2.05) is 32.0 Å². The smallest absolute Gasteiger partial charge is 0.255 e.